The molecule has 5 heteroatoms. The third kappa shape index (κ3) is 2.91. The summed E-state index contributed by atoms with van der Waals surface area (Å²) >= 11 is 0. The number of methoxy groups -OCH3 is 1. The van der Waals surface area contributed by atoms with Gasteiger partial charge in [-0.2, -0.15) is 0 Å². The molecule has 0 bridgehead atoms. The van der Waals surface area contributed by atoms with Gasteiger partial charge < -0.3 is 15.0 Å². The number of carbonyl (C=O) groups is 2. The van der Waals surface area contributed by atoms with Crippen molar-refractivity contribution in [3.63, 3.8) is 0 Å². The Morgan fingerprint density at radius 1 is 1.37 bits per heavy atom. The lowest BCUT2D eigenvalue weighted by atomic mass is 9.91. The maximum Gasteiger partial charge on any atom is 0.325 e. The predicted octanol–water partition coefficient (Wildman–Crippen LogP) is 0.786. The second-order valence-electron chi connectivity index (χ2n) is 6.01. The molecule has 5 nitrogen and oxygen atoms in total. The third-order valence-corrected chi connectivity index (χ3v) is 4.52. The molecule has 2 aliphatic rings. The van der Waals surface area contributed by atoms with Crippen molar-refractivity contribution in [3.8, 4) is 0 Å². The fourth-order valence-electron chi connectivity index (χ4n) is 3.09. The van der Waals surface area contributed by atoms with Crippen molar-refractivity contribution >= 4 is 11.9 Å². The first kappa shape index (κ1) is 14.3. The molecule has 1 N–H and O–H groups in total. The molecule has 1 atom stereocenters. The maximum absolute atomic E-state index is 12.6. The summed E-state index contributed by atoms with van der Waals surface area (Å²) in [6.45, 7) is 5.96. The van der Waals surface area contributed by atoms with Crippen LogP contribution in [0.3, 0.4) is 0 Å². The summed E-state index contributed by atoms with van der Waals surface area (Å²) in [5.41, 5.74) is 0.214. The summed E-state index contributed by atoms with van der Waals surface area (Å²) in [6.07, 6.45) is 3.14. The van der Waals surface area contributed by atoms with E-state index in [1.165, 1.54) is 7.11 Å². The molecular formula is C14H24N2O3. The SMILES string of the molecule is COC(=O)CN(C(=O)C1CC12CCNCC2)C(C)C. The lowest BCUT2D eigenvalue weighted by Gasteiger charge is -2.28. The number of piperidine rings is 1. The number of hydrogen-bond donors (Lipinski definition) is 1. The Labute approximate surface area is 114 Å². The normalized spacial score (nSPS) is 24.3. The highest BCUT2D eigenvalue weighted by molar-refractivity contribution is 5.86. The van der Waals surface area contributed by atoms with E-state index in [2.05, 4.69) is 10.1 Å². The van der Waals surface area contributed by atoms with Crippen LogP contribution >= 0.6 is 0 Å². The Bertz CT molecular complexity index is 362. The minimum absolute atomic E-state index is 0.0333. The zero-order valence-corrected chi connectivity index (χ0v) is 12.1. The lowest BCUT2D eigenvalue weighted by molar-refractivity contribution is -0.149. The minimum atomic E-state index is -0.345. The van der Waals surface area contributed by atoms with E-state index >= 15 is 0 Å². The van der Waals surface area contributed by atoms with Gasteiger partial charge in [-0.25, -0.2) is 0 Å². The number of nitrogens with one attached hydrogen (secondary N) is 1. The van der Waals surface area contributed by atoms with Gasteiger partial charge in [-0.15, -0.1) is 0 Å². The summed E-state index contributed by atoms with van der Waals surface area (Å²) in [5, 5.41) is 3.33. The van der Waals surface area contributed by atoms with E-state index < -0.39 is 0 Å². The highest BCUT2D eigenvalue weighted by Gasteiger charge is 2.58. The van der Waals surface area contributed by atoms with Crippen molar-refractivity contribution in [2.45, 2.75) is 39.2 Å². The molecule has 0 aromatic rings. The van der Waals surface area contributed by atoms with Crippen molar-refractivity contribution in [2.75, 3.05) is 26.7 Å². The van der Waals surface area contributed by atoms with Crippen LogP contribution in [-0.4, -0.2) is 49.6 Å². The zero-order valence-electron chi connectivity index (χ0n) is 12.1. The smallest absolute Gasteiger partial charge is 0.325 e. The Kier molecular flexibility index (Phi) is 4.13. The van der Waals surface area contributed by atoms with Crippen molar-refractivity contribution in [3.05, 3.63) is 0 Å². The average molecular weight is 268 g/mol. The van der Waals surface area contributed by atoms with Gasteiger partial charge in [0.2, 0.25) is 5.91 Å². The summed E-state index contributed by atoms with van der Waals surface area (Å²) in [7, 11) is 1.36. The number of nitrogens with zero attached hydrogens (tertiary/aromatic N) is 1. The fraction of sp³-hybridized carbons (Fsp3) is 0.857. The van der Waals surface area contributed by atoms with Gasteiger partial charge in [-0.05, 0) is 51.6 Å². The molecule has 1 aliphatic heterocycles. The standard InChI is InChI=1S/C14H24N2O3/c1-10(2)16(9-12(17)19-3)13(18)11-8-14(11)4-6-15-7-5-14/h10-11,15H,4-9H2,1-3H3. The number of ether oxygens (including phenoxy) is 1. The van der Waals surface area contributed by atoms with Crippen LogP contribution in [0.15, 0.2) is 0 Å². The first-order valence-electron chi connectivity index (χ1n) is 7.08. The third-order valence-electron chi connectivity index (χ3n) is 4.52. The van der Waals surface area contributed by atoms with Crippen molar-refractivity contribution in [1.29, 1.82) is 0 Å². The van der Waals surface area contributed by atoms with E-state index in [-0.39, 0.29) is 35.8 Å². The molecule has 2 rings (SSSR count). The topological polar surface area (TPSA) is 58.6 Å². The summed E-state index contributed by atoms with van der Waals surface area (Å²) < 4.78 is 4.68. The van der Waals surface area contributed by atoms with Crippen LogP contribution in [0.1, 0.15) is 33.1 Å². The number of amides is 1. The van der Waals surface area contributed by atoms with Gasteiger partial charge in [-0.3, -0.25) is 9.59 Å². The Morgan fingerprint density at radius 3 is 2.53 bits per heavy atom. The Morgan fingerprint density at radius 2 is 2.00 bits per heavy atom. The summed E-state index contributed by atoms with van der Waals surface area (Å²) in [6, 6.07) is 0.0333. The van der Waals surface area contributed by atoms with Gasteiger partial charge in [0.1, 0.15) is 6.54 Å². The maximum atomic E-state index is 12.6. The lowest BCUT2D eigenvalue weighted by Crippen LogP contribution is -2.43. The van der Waals surface area contributed by atoms with Crippen LogP contribution in [0.25, 0.3) is 0 Å². The highest BCUT2D eigenvalue weighted by atomic mass is 16.5. The summed E-state index contributed by atoms with van der Waals surface area (Å²) in [5.74, 6) is -0.106. The minimum Gasteiger partial charge on any atom is -0.468 e. The van der Waals surface area contributed by atoms with Crippen LogP contribution in [-0.2, 0) is 14.3 Å². The van der Waals surface area contributed by atoms with Crippen molar-refractivity contribution in [1.82, 2.24) is 10.2 Å². The molecule has 1 saturated carbocycles. The van der Waals surface area contributed by atoms with E-state index in [0.29, 0.717) is 0 Å². The van der Waals surface area contributed by atoms with E-state index in [1.54, 1.807) is 4.90 Å². The first-order valence-corrected chi connectivity index (χ1v) is 7.08. The molecule has 1 aliphatic carbocycles. The zero-order chi connectivity index (χ0) is 14.0. The van der Waals surface area contributed by atoms with Crippen LogP contribution in [0.5, 0.6) is 0 Å². The quantitative estimate of drug-likeness (QED) is 0.766. The second kappa shape index (κ2) is 5.49. The molecule has 1 unspecified atom stereocenters. The van der Waals surface area contributed by atoms with Crippen LogP contribution in [0.4, 0.5) is 0 Å². The molecule has 0 aromatic heterocycles. The number of esters is 1. The van der Waals surface area contributed by atoms with Crippen molar-refractivity contribution in [2.24, 2.45) is 11.3 Å². The van der Waals surface area contributed by atoms with E-state index in [9.17, 15) is 9.59 Å². The van der Waals surface area contributed by atoms with Gasteiger partial charge in [0.05, 0.1) is 7.11 Å². The van der Waals surface area contributed by atoms with E-state index in [0.717, 1.165) is 32.4 Å². The second-order valence-corrected chi connectivity index (χ2v) is 6.01. The molecule has 0 radical (unpaired) electrons. The highest BCUT2D eigenvalue weighted by Crippen LogP contribution is 2.59. The molecule has 1 amide bonds. The van der Waals surface area contributed by atoms with Gasteiger partial charge in [-0.1, -0.05) is 0 Å². The Balaban J connectivity index is 1.99. The first-order chi connectivity index (χ1) is 9.00. The monoisotopic (exact) mass is 268 g/mol. The van der Waals surface area contributed by atoms with Crippen LogP contribution in [0.2, 0.25) is 0 Å². The molecule has 108 valence electrons. The molecule has 1 spiro atoms. The largest absolute Gasteiger partial charge is 0.468 e. The van der Waals surface area contributed by atoms with Gasteiger partial charge in [0.15, 0.2) is 0 Å². The van der Waals surface area contributed by atoms with Crippen LogP contribution < -0.4 is 5.32 Å². The number of rotatable bonds is 4. The van der Waals surface area contributed by atoms with Gasteiger partial charge in [0, 0.05) is 12.0 Å². The molecule has 19 heavy (non-hydrogen) atoms. The van der Waals surface area contributed by atoms with Crippen molar-refractivity contribution < 1.29 is 14.3 Å². The Hall–Kier alpha value is -1.10. The van der Waals surface area contributed by atoms with Crippen LogP contribution in [0, 0.1) is 11.3 Å². The average Bonchev–Trinajstić information content (AvgIpc) is 3.08. The fourth-order valence-corrected chi connectivity index (χ4v) is 3.09. The molecule has 0 aromatic carbocycles. The van der Waals surface area contributed by atoms with E-state index in [4.69, 9.17) is 0 Å². The van der Waals surface area contributed by atoms with Gasteiger partial charge >= 0.3 is 5.97 Å². The molecular weight excluding hydrogens is 244 g/mol. The molecule has 2 fully saturated rings. The van der Waals surface area contributed by atoms with Gasteiger partial charge in [0.25, 0.3) is 0 Å². The number of carbonyl (C=O) groups excluding carboxylic acids is 2. The summed E-state index contributed by atoms with van der Waals surface area (Å²) in [4.78, 5) is 25.6. The van der Waals surface area contributed by atoms with E-state index in [1.807, 2.05) is 13.8 Å². The number of hydrogen-bond acceptors (Lipinski definition) is 4. The molecule has 1 heterocycles. The molecule has 1 saturated heterocycles. The predicted molar refractivity (Wildman–Crippen MR) is 71.5 cm³/mol.